The zero-order chi connectivity index (χ0) is 7.70. The molecule has 0 unspecified atom stereocenters. The second-order valence-electron chi connectivity index (χ2n) is 1.12. The maximum absolute atomic E-state index is 9.47. The molecule has 0 radical (unpaired) electrons. The van der Waals surface area contributed by atoms with E-state index in [-0.39, 0.29) is 0 Å². The molecule has 4 N–H and O–H groups in total. The molecule has 1 amide bonds. The first-order chi connectivity index (χ1) is 4.18. The summed E-state index contributed by atoms with van der Waals surface area (Å²) in [7, 11) is 0. The molecule has 0 saturated carbocycles. The summed E-state index contributed by atoms with van der Waals surface area (Å²) in [6.07, 6.45) is 1.06. The maximum atomic E-state index is 9.47. The summed E-state index contributed by atoms with van der Waals surface area (Å²) in [6, 6.07) is 0. The summed E-state index contributed by atoms with van der Waals surface area (Å²) >= 11 is 3.80. The lowest BCUT2D eigenvalue weighted by Crippen LogP contribution is -2.04. The standard InChI is InChI=1S/C3H5NO.C2H7NS/c1-2-3(4)5;3-1-2-4/h2H,1H2,(H2,4,5);4H,1-3H2. The van der Waals surface area contributed by atoms with Crippen molar-refractivity contribution in [1.29, 1.82) is 0 Å². The average molecular weight is 148 g/mol. The number of primary amides is 1. The first kappa shape index (κ1) is 11.3. The van der Waals surface area contributed by atoms with Crippen molar-refractivity contribution in [1.82, 2.24) is 0 Å². The van der Waals surface area contributed by atoms with Crippen LogP contribution in [-0.2, 0) is 4.79 Å². The monoisotopic (exact) mass is 148 g/mol. The molecule has 3 nitrogen and oxygen atoms in total. The van der Waals surface area contributed by atoms with Crippen LogP contribution in [0.2, 0.25) is 0 Å². The van der Waals surface area contributed by atoms with Crippen molar-refractivity contribution < 1.29 is 4.79 Å². The molecule has 0 atom stereocenters. The van der Waals surface area contributed by atoms with Gasteiger partial charge in [-0.2, -0.15) is 12.6 Å². The van der Waals surface area contributed by atoms with Gasteiger partial charge in [0.2, 0.25) is 5.91 Å². The molecule has 0 fully saturated rings. The summed E-state index contributed by atoms with van der Waals surface area (Å²) in [5, 5.41) is 0. The van der Waals surface area contributed by atoms with Crippen molar-refractivity contribution in [2.75, 3.05) is 12.3 Å². The van der Waals surface area contributed by atoms with E-state index in [1.807, 2.05) is 0 Å². The van der Waals surface area contributed by atoms with Crippen LogP contribution < -0.4 is 11.5 Å². The quantitative estimate of drug-likeness (QED) is 0.366. The average Bonchev–Trinajstić information content (AvgIpc) is 1.89. The van der Waals surface area contributed by atoms with Crippen LogP contribution in [0.25, 0.3) is 0 Å². The molecule has 0 aliphatic carbocycles. The molecule has 0 aromatic rings. The predicted octanol–water partition coefficient (Wildman–Crippen LogP) is -0.467. The first-order valence-corrected chi connectivity index (χ1v) is 3.05. The Bertz CT molecular complexity index is 83.0. The van der Waals surface area contributed by atoms with Gasteiger partial charge in [-0.05, 0) is 6.08 Å². The van der Waals surface area contributed by atoms with Crippen LogP contribution in [0.1, 0.15) is 0 Å². The summed E-state index contributed by atoms with van der Waals surface area (Å²) in [6.45, 7) is 3.77. The van der Waals surface area contributed by atoms with Crippen molar-refractivity contribution in [2.45, 2.75) is 0 Å². The highest BCUT2D eigenvalue weighted by Crippen LogP contribution is 1.58. The SMILES string of the molecule is C=CC(N)=O.NCCS. The van der Waals surface area contributed by atoms with Crippen LogP contribution in [-0.4, -0.2) is 18.2 Å². The fraction of sp³-hybridized carbons (Fsp3) is 0.400. The second-order valence-corrected chi connectivity index (χ2v) is 1.57. The normalized spacial score (nSPS) is 6.89. The fourth-order valence-electron chi connectivity index (χ4n) is 0. The largest absolute Gasteiger partial charge is 0.366 e. The minimum Gasteiger partial charge on any atom is -0.366 e. The lowest BCUT2D eigenvalue weighted by Gasteiger charge is -1.69. The minimum absolute atomic E-state index is 0.481. The lowest BCUT2D eigenvalue weighted by molar-refractivity contribution is -0.113. The number of nitrogens with two attached hydrogens (primary N) is 2. The summed E-state index contributed by atoms with van der Waals surface area (Å²) in [4.78, 5) is 9.47. The van der Waals surface area contributed by atoms with Gasteiger partial charge in [-0.3, -0.25) is 4.79 Å². The van der Waals surface area contributed by atoms with E-state index >= 15 is 0 Å². The number of rotatable bonds is 2. The van der Waals surface area contributed by atoms with E-state index in [1.165, 1.54) is 0 Å². The molecule has 0 aromatic carbocycles. The lowest BCUT2D eigenvalue weighted by atomic mass is 10.6. The third-order valence-corrected chi connectivity index (χ3v) is 0.588. The van der Waals surface area contributed by atoms with Crippen LogP contribution in [0, 0.1) is 0 Å². The summed E-state index contributed by atoms with van der Waals surface area (Å²) in [5.74, 6) is 0.310. The Balaban J connectivity index is 0. The molecule has 54 valence electrons. The third kappa shape index (κ3) is 36.1. The van der Waals surface area contributed by atoms with Crippen molar-refractivity contribution in [3.8, 4) is 0 Å². The molecule has 4 heteroatoms. The van der Waals surface area contributed by atoms with Gasteiger partial charge >= 0.3 is 0 Å². The zero-order valence-electron chi connectivity index (χ0n) is 5.21. The van der Waals surface area contributed by atoms with Gasteiger partial charge in [0.15, 0.2) is 0 Å². The first-order valence-electron chi connectivity index (χ1n) is 2.41. The van der Waals surface area contributed by atoms with E-state index in [4.69, 9.17) is 5.73 Å². The van der Waals surface area contributed by atoms with E-state index < -0.39 is 5.91 Å². The van der Waals surface area contributed by atoms with Crippen LogP contribution >= 0.6 is 12.6 Å². The molecule has 0 bridgehead atoms. The molecular formula is C5H12N2OS. The van der Waals surface area contributed by atoms with Gasteiger partial charge < -0.3 is 11.5 Å². The number of amides is 1. The molecule has 0 aromatic heterocycles. The van der Waals surface area contributed by atoms with Gasteiger partial charge in [-0.1, -0.05) is 6.58 Å². The Morgan fingerprint density at radius 3 is 2.00 bits per heavy atom. The zero-order valence-corrected chi connectivity index (χ0v) is 6.10. The van der Waals surface area contributed by atoms with Crippen molar-refractivity contribution in [3.05, 3.63) is 12.7 Å². The van der Waals surface area contributed by atoms with Crippen molar-refractivity contribution >= 4 is 18.5 Å². The molecule has 0 rings (SSSR count). The van der Waals surface area contributed by atoms with Crippen molar-refractivity contribution in [2.24, 2.45) is 11.5 Å². The summed E-state index contributed by atoms with van der Waals surface area (Å²) in [5.41, 5.74) is 9.49. The van der Waals surface area contributed by atoms with Crippen LogP contribution in [0.3, 0.4) is 0 Å². The smallest absolute Gasteiger partial charge is 0.240 e. The topological polar surface area (TPSA) is 69.1 Å². The maximum Gasteiger partial charge on any atom is 0.240 e. The Hall–Kier alpha value is -0.480. The number of hydrogen-bond donors (Lipinski definition) is 3. The van der Waals surface area contributed by atoms with Gasteiger partial charge in [0, 0.05) is 12.3 Å². The van der Waals surface area contributed by atoms with E-state index in [0.717, 1.165) is 11.8 Å². The number of carbonyl (C=O) groups excluding carboxylic acids is 1. The van der Waals surface area contributed by atoms with E-state index in [9.17, 15) is 4.79 Å². The second kappa shape index (κ2) is 10.5. The Morgan fingerprint density at radius 1 is 1.78 bits per heavy atom. The highest BCUT2D eigenvalue weighted by Gasteiger charge is 1.69. The fourth-order valence-corrected chi connectivity index (χ4v) is 0. The van der Waals surface area contributed by atoms with E-state index in [1.54, 1.807) is 0 Å². The third-order valence-electron chi connectivity index (χ3n) is 0.330. The molecule has 0 aliphatic rings. The highest BCUT2D eigenvalue weighted by molar-refractivity contribution is 7.80. The molecule has 0 heterocycles. The van der Waals surface area contributed by atoms with Crippen LogP contribution in [0.5, 0.6) is 0 Å². The Morgan fingerprint density at radius 2 is 2.00 bits per heavy atom. The predicted molar refractivity (Wildman–Crippen MR) is 42.3 cm³/mol. The van der Waals surface area contributed by atoms with Crippen molar-refractivity contribution in [3.63, 3.8) is 0 Å². The van der Waals surface area contributed by atoms with E-state index in [0.29, 0.717) is 6.54 Å². The number of hydrogen-bond acceptors (Lipinski definition) is 3. The molecular weight excluding hydrogens is 136 g/mol. The number of carbonyl (C=O) groups is 1. The molecule has 0 spiro atoms. The van der Waals surface area contributed by atoms with Gasteiger partial charge in [0.05, 0.1) is 0 Å². The Labute approximate surface area is 60.5 Å². The van der Waals surface area contributed by atoms with Gasteiger partial charge in [-0.15, -0.1) is 0 Å². The van der Waals surface area contributed by atoms with Gasteiger partial charge in [-0.25, -0.2) is 0 Å². The minimum atomic E-state index is -0.481. The highest BCUT2D eigenvalue weighted by atomic mass is 32.1. The van der Waals surface area contributed by atoms with Crippen LogP contribution in [0.4, 0.5) is 0 Å². The molecule has 0 saturated heterocycles. The summed E-state index contributed by atoms with van der Waals surface area (Å²) < 4.78 is 0. The van der Waals surface area contributed by atoms with Gasteiger partial charge in [0.1, 0.15) is 0 Å². The molecule has 9 heavy (non-hydrogen) atoms. The van der Waals surface area contributed by atoms with Crippen LogP contribution in [0.15, 0.2) is 12.7 Å². The Kier molecular flexibility index (Phi) is 13.2. The molecule has 0 aliphatic heterocycles. The van der Waals surface area contributed by atoms with Gasteiger partial charge in [0.25, 0.3) is 0 Å². The van der Waals surface area contributed by atoms with E-state index in [2.05, 4.69) is 24.9 Å². The number of thiol groups is 1.